The first-order valence-corrected chi connectivity index (χ1v) is 2.59. The molecule has 0 aromatic carbocycles. The number of nitrogens with zero attached hydrogens (tertiary/aromatic N) is 2. The van der Waals surface area contributed by atoms with Gasteiger partial charge in [-0.15, -0.1) is 0 Å². The quantitative estimate of drug-likeness (QED) is 0.437. The molecule has 39 valence electrons. The Morgan fingerprint density at radius 2 is 1.86 bits per heavy atom. The van der Waals surface area contributed by atoms with Gasteiger partial charge in [0.15, 0.2) is 0 Å². The van der Waals surface area contributed by atoms with Gasteiger partial charge in [0.1, 0.15) is 0 Å². The maximum atomic E-state index is 4.98. The molecule has 0 N–H and O–H groups in total. The Morgan fingerprint density at radius 3 is 2.14 bits per heavy atom. The van der Waals surface area contributed by atoms with E-state index in [4.69, 9.17) is 6.72 Å². The van der Waals surface area contributed by atoms with Crippen LogP contribution in [0, 0.1) is 0 Å². The topological polar surface area (TPSA) is 15.6 Å². The normalized spacial score (nSPS) is 20.3. The molecular formula is C5H9N2. The molecule has 1 saturated heterocycles. The number of rotatable bonds is 1. The fraction of sp³-hybridized carbons (Fsp3) is 0.800. The van der Waals surface area contributed by atoms with Gasteiger partial charge >= 0.3 is 0 Å². The lowest BCUT2D eigenvalue weighted by atomic mass is 10.4. The number of hydrazone groups is 1. The Morgan fingerprint density at radius 1 is 1.29 bits per heavy atom. The van der Waals surface area contributed by atoms with Crippen molar-refractivity contribution in [3.63, 3.8) is 0 Å². The van der Waals surface area contributed by atoms with Crippen LogP contribution < -0.4 is 0 Å². The summed E-state index contributed by atoms with van der Waals surface area (Å²) in [6.45, 7) is 7.09. The molecule has 0 amide bonds. The van der Waals surface area contributed by atoms with E-state index in [1.807, 2.05) is 5.01 Å². The minimum absolute atomic E-state index is 1.05. The maximum Gasteiger partial charge on any atom is 0.0671 e. The lowest BCUT2D eigenvalue weighted by molar-refractivity contribution is 0.364. The maximum absolute atomic E-state index is 4.98. The summed E-state index contributed by atoms with van der Waals surface area (Å²) in [5.74, 6) is 0. The van der Waals surface area contributed by atoms with Gasteiger partial charge in [0.25, 0.3) is 0 Å². The van der Waals surface area contributed by atoms with Crippen LogP contribution in [-0.4, -0.2) is 24.8 Å². The highest BCUT2D eigenvalue weighted by molar-refractivity contribution is 5.22. The first-order valence-electron chi connectivity index (χ1n) is 2.59. The molecule has 0 unspecified atom stereocenters. The molecular weight excluding hydrogens is 88.1 g/mol. The van der Waals surface area contributed by atoms with Crippen molar-refractivity contribution in [1.82, 2.24) is 5.01 Å². The van der Waals surface area contributed by atoms with E-state index in [2.05, 4.69) is 5.10 Å². The van der Waals surface area contributed by atoms with Crippen LogP contribution >= 0.6 is 0 Å². The number of hydrogen-bond acceptors (Lipinski definition) is 2. The highest BCUT2D eigenvalue weighted by Crippen LogP contribution is 2.05. The van der Waals surface area contributed by atoms with Crippen molar-refractivity contribution >= 4 is 6.72 Å². The van der Waals surface area contributed by atoms with Gasteiger partial charge in [-0.25, -0.2) is 0 Å². The van der Waals surface area contributed by atoms with Gasteiger partial charge in [-0.3, -0.25) is 5.01 Å². The second-order valence-corrected chi connectivity index (χ2v) is 1.78. The van der Waals surface area contributed by atoms with E-state index >= 15 is 0 Å². The van der Waals surface area contributed by atoms with Crippen molar-refractivity contribution < 1.29 is 0 Å². The minimum atomic E-state index is 1.05. The Bertz CT molecular complexity index is 64.5. The van der Waals surface area contributed by atoms with Gasteiger partial charge in [0, 0.05) is 13.1 Å². The van der Waals surface area contributed by atoms with Gasteiger partial charge in [0.2, 0.25) is 0 Å². The Kier molecular flexibility index (Phi) is 1.29. The lowest BCUT2D eigenvalue weighted by Crippen LogP contribution is -2.09. The Labute approximate surface area is 43.8 Å². The van der Waals surface area contributed by atoms with Crippen molar-refractivity contribution in [2.75, 3.05) is 13.1 Å². The standard InChI is InChI=1S/C5H9N2/c1-6-7-4-2-3-5-7/h1H,2-5H2. The summed E-state index contributed by atoms with van der Waals surface area (Å²) in [7, 11) is 0. The molecule has 1 radical (unpaired) electrons. The molecule has 2 nitrogen and oxygen atoms in total. The third kappa shape index (κ3) is 0.918. The second-order valence-electron chi connectivity index (χ2n) is 1.78. The van der Waals surface area contributed by atoms with Crippen LogP contribution in [0.2, 0.25) is 0 Å². The third-order valence-electron chi connectivity index (χ3n) is 1.25. The zero-order chi connectivity index (χ0) is 5.11. The molecule has 0 aromatic rings. The van der Waals surface area contributed by atoms with Crippen molar-refractivity contribution in [3.8, 4) is 0 Å². The minimum Gasteiger partial charge on any atom is -0.297 e. The molecule has 2 heteroatoms. The van der Waals surface area contributed by atoms with Crippen LogP contribution in [0.3, 0.4) is 0 Å². The van der Waals surface area contributed by atoms with Crippen LogP contribution in [0.4, 0.5) is 0 Å². The van der Waals surface area contributed by atoms with Crippen LogP contribution in [0.15, 0.2) is 5.10 Å². The Hall–Kier alpha value is -0.530. The summed E-state index contributed by atoms with van der Waals surface area (Å²) in [4.78, 5) is 0. The molecule has 1 heterocycles. The van der Waals surface area contributed by atoms with E-state index in [0.29, 0.717) is 0 Å². The Balaban J connectivity index is 2.26. The molecule has 7 heavy (non-hydrogen) atoms. The molecule has 1 fully saturated rings. The van der Waals surface area contributed by atoms with E-state index in [0.717, 1.165) is 13.1 Å². The molecule has 0 bridgehead atoms. The summed E-state index contributed by atoms with van der Waals surface area (Å²) >= 11 is 0. The van der Waals surface area contributed by atoms with E-state index in [1.54, 1.807) is 0 Å². The van der Waals surface area contributed by atoms with Gasteiger partial charge in [-0.2, -0.15) is 5.10 Å². The third-order valence-corrected chi connectivity index (χ3v) is 1.25. The molecule has 1 aliphatic rings. The van der Waals surface area contributed by atoms with Crippen molar-refractivity contribution in [2.24, 2.45) is 5.10 Å². The number of hydrogen-bond donors (Lipinski definition) is 0. The molecule has 1 rings (SSSR count). The predicted molar refractivity (Wildman–Crippen MR) is 29.3 cm³/mol. The van der Waals surface area contributed by atoms with Crippen molar-refractivity contribution in [2.45, 2.75) is 12.8 Å². The van der Waals surface area contributed by atoms with Crippen LogP contribution in [0.1, 0.15) is 12.8 Å². The van der Waals surface area contributed by atoms with Crippen molar-refractivity contribution in [3.05, 3.63) is 0 Å². The largest absolute Gasteiger partial charge is 0.297 e. The zero-order valence-corrected chi connectivity index (χ0v) is 4.30. The monoisotopic (exact) mass is 97.1 g/mol. The summed E-state index contributed by atoms with van der Waals surface area (Å²) in [6.07, 6.45) is 2.50. The average molecular weight is 97.1 g/mol. The summed E-state index contributed by atoms with van der Waals surface area (Å²) < 4.78 is 0. The summed E-state index contributed by atoms with van der Waals surface area (Å²) in [5, 5.41) is 5.41. The summed E-state index contributed by atoms with van der Waals surface area (Å²) in [6, 6.07) is 0. The van der Waals surface area contributed by atoms with Crippen molar-refractivity contribution in [1.29, 1.82) is 0 Å². The van der Waals surface area contributed by atoms with Gasteiger partial charge in [-0.05, 0) is 12.8 Å². The first-order chi connectivity index (χ1) is 3.43. The van der Waals surface area contributed by atoms with E-state index in [9.17, 15) is 0 Å². The molecule has 0 aliphatic carbocycles. The fourth-order valence-corrected chi connectivity index (χ4v) is 0.816. The fourth-order valence-electron chi connectivity index (χ4n) is 0.816. The molecule has 0 aromatic heterocycles. The van der Waals surface area contributed by atoms with Gasteiger partial charge < -0.3 is 0 Å². The highest BCUT2D eigenvalue weighted by Gasteiger charge is 2.05. The first kappa shape index (κ1) is 4.62. The smallest absolute Gasteiger partial charge is 0.0671 e. The molecule has 0 spiro atoms. The van der Waals surface area contributed by atoms with Crippen LogP contribution in [0.25, 0.3) is 0 Å². The SMILES string of the molecule is [CH]=NN1CCCC1. The average Bonchev–Trinajstić information content (AvgIpc) is 2.14. The molecule has 1 aliphatic heterocycles. The van der Waals surface area contributed by atoms with E-state index < -0.39 is 0 Å². The lowest BCUT2D eigenvalue weighted by Gasteiger charge is -2.05. The highest BCUT2D eigenvalue weighted by atomic mass is 15.4. The van der Waals surface area contributed by atoms with Gasteiger partial charge in [-0.1, -0.05) is 0 Å². The van der Waals surface area contributed by atoms with E-state index in [-0.39, 0.29) is 0 Å². The zero-order valence-electron chi connectivity index (χ0n) is 4.30. The van der Waals surface area contributed by atoms with Crippen LogP contribution in [0.5, 0.6) is 0 Å². The van der Waals surface area contributed by atoms with E-state index in [1.165, 1.54) is 12.8 Å². The van der Waals surface area contributed by atoms with Gasteiger partial charge in [0.05, 0.1) is 6.72 Å². The molecule has 0 atom stereocenters. The predicted octanol–water partition coefficient (Wildman–Crippen LogP) is 0.575. The summed E-state index contributed by atoms with van der Waals surface area (Å²) in [5.41, 5.74) is 0. The van der Waals surface area contributed by atoms with Crippen LogP contribution in [-0.2, 0) is 0 Å². The second kappa shape index (κ2) is 1.96. The molecule has 0 saturated carbocycles.